The molecule has 3 nitrogen and oxygen atoms in total. The van der Waals surface area contributed by atoms with Crippen molar-refractivity contribution in [2.75, 3.05) is 6.54 Å². The van der Waals surface area contributed by atoms with Crippen LogP contribution in [-0.2, 0) is 6.42 Å². The first-order valence-electron chi connectivity index (χ1n) is 8.88. The van der Waals surface area contributed by atoms with Gasteiger partial charge in [-0.3, -0.25) is 0 Å². The van der Waals surface area contributed by atoms with Gasteiger partial charge < -0.3 is 10.7 Å². The van der Waals surface area contributed by atoms with Crippen LogP contribution in [0.1, 0.15) is 40.7 Å². The molecule has 1 aromatic heterocycles. The van der Waals surface area contributed by atoms with E-state index in [2.05, 4.69) is 44.0 Å². The molecule has 0 unspecified atom stereocenters. The number of fused-ring (bicyclic) bond motifs is 1. The molecule has 0 saturated heterocycles. The smallest absolute Gasteiger partial charge is 0.0991 e. The van der Waals surface area contributed by atoms with Crippen LogP contribution in [0, 0.1) is 32.1 Å². The Labute approximate surface area is 149 Å². The van der Waals surface area contributed by atoms with E-state index in [1.807, 2.05) is 18.2 Å². The summed E-state index contributed by atoms with van der Waals surface area (Å²) in [5.41, 5.74) is 15.1. The van der Waals surface area contributed by atoms with Crippen molar-refractivity contribution in [2.24, 2.45) is 5.73 Å². The van der Waals surface area contributed by atoms with Gasteiger partial charge in [-0.2, -0.15) is 5.26 Å². The van der Waals surface area contributed by atoms with Gasteiger partial charge in [-0.15, -0.1) is 0 Å². The zero-order valence-corrected chi connectivity index (χ0v) is 15.2. The molecule has 1 heterocycles. The van der Waals surface area contributed by atoms with Gasteiger partial charge in [-0.1, -0.05) is 17.7 Å². The predicted molar refractivity (Wildman–Crippen MR) is 105 cm³/mol. The van der Waals surface area contributed by atoms with Crippen LogP contribution in [0.3, 0.4) is 0 Å². The summed E-state index contributed by atoms with van der Waals surface area (Å²) in [6.45, 7) is 7.19. The van der Waals surface area contributed by atoms with Gasteiger partial charge in [0.15, 0.2) is 0 Å². The molecule has 128 valence electrons. The number of benzene rings is 2. The van der Waals surface area contributed by atoms with Crippen molar-refractivity contribution >= 4 is 10.9 Å². The van der Waals surface area contributed by atoms with Gasteiger partial charge in [0.1, 0.15) is 0 Å². The lowest BCUT2D eigenvalue weighted by molar-refractivity contribution is 0.748. The van der Waals surface area contributed by atoms with Crippen LogP contribution >= 0.6 is 0 Å². The van der Waals surface area contributed by atoms with Gasteiger partial charge in [0.25, 0.3) is 0 Å². The first kappa shape index (κ1) is 17.3. The Morgan fingerprint density at radius 3 is 2.40 bits per heavy atom. The molecule has 3 aromatic rings. The van der Waals surface area contributed by atoms with Crippen molar-refractivity contribution in [3.8, 4) is 17.3 Å². The maximum absolute atomic E-state index is 9.27. The molecular formula is C22H25N3. The Bertz CT molecular complexity index is 934. The number of nitrogens with two attached hydrogens (primary N) is 1. The molecule has 0 fully saturated rings. The molecule has 3 rings (SSSR count). The number of nitrogens with zero attached hydrogens (tertiary/aromatic N) is 1. The average molecular weight is 331 g/mol. The number of hydrogen-bond donors (Lipinski definition) is 2. The van der Waals surface area contributed by atoms with Gasteiger partial charge in [0, 0.05) is 16.5 Å². The highest BCUT2D eigenvalue weighted by Gasteiger charge is 2.17. The SMILES string of the molecule is Cc1cc(C)c(-c2[nH]c3ccc(C#N)cc3c2CCCCN)c(C)c1. The second-order valence-corrected chi connectivity index (χ2v) is 6.87. The van der Waals surface area contributed by atoms with Crippen LogP contribution in [0.15, 0.2) is 30.3 Å². The monoisotopic (exact) mass is 331 g/mol. The Morgan fingerprint density at radius 2 is 1.76 bits per heavy atom. The van der Waals surface area contributed by atoms with Crippen LogP contribution in [0.2, 0.25) is 0 Å². The van der Waals surface area contributed by atoms with E-state index in [-0.39, 0.29) is 0 Å². The van der Waals surface area contributed by atoms with Gasteiger partial charge in [0.2, 0.25) is 0 Å². The highest BCUT2D eigenvalue weighted by Crippen LogP contribution is 2.36. The summed E-state index contributed by atoms with van der Waals surface area (Å²) in [5.74, 6) is 0. The molecule has 0 aliphatic heterocycles. The van der Waals surface area contributed by atoms with Gasteiger partial charge in [0.05, 0.1) is 17.3 Å². The fraction of sp³-hybridized carbons (Fsp3) is 0.318. The average Bonchev–Trinajstić information content (AvgIpc) is 2.91. The van der Waals surface area contributed by atoms with Crippen molar-refractivity contribution in [3.05, 3.63) is 58.1 Å². The predicted octanol–water partition coefficient (Wildman–Crippen LogP) is 4.91. The van der Waals surface area contributed by atoms with Gasteiger partial charge in [-0.25, -0.2) is 0 Å². The van der Waals surface area contributed by atoms with Gasteiger partial charge >= 0.3 is 0 Å². The van der Waals surface area contributed by atoms with E-state index in [1.54, 1.807) is 0 Å². The summed E-state index contributed by atoms with van der Waals surface area (Å²) in [4.78, 5) is 3.62. The summed E-state index contributed by atoms with van der Waals surface area (Å²) in [7, 11) is 0. The molecule has 3 N–H and O–H groups in total. The molecule has 0 aliphatic carbocycles. The van der Waals surface area contributed by atoms with Crippen LogP contribution in [-0.4, -0.2) is 11.5 Å². The summed E-state index contributed by atoms with van der Waals surface area (Å²) >= 11 is 0. The van der Waals surface area contributed by atoms with E-state index < -0.39 is 0 Å². The number of aromatic nitrogens is 1. The van der Waals surface area contributed by atoms with E-state index in [9.17, 15) is 5.26 Å². The Balaban J connectivity index is 2.23. The summed E-state index contributed by atoms with van der Waals surface area (Å²) in [6.07, 6.45) is 3.03. The second-order valence-electron chi connectivity index (χ2n) is 6.87. The fourth-order valence-corrected chi connectivity index (χ4v) is 3.81. The van der Waals surface area contributed by atoms with E-state index in [1.165, 1.54) is 33.5 Å². The van der Waals surface area contributed by atoms with Gasteiger partial charge in [-0.05, 0) is 81.5 Å². The van der Waals surface area contributed by atoms with Crippen molar-refractivity contribution in [1.29, 1.82) is 5.26 Å². The number of hydrogen-bond acceptors (Lipinski definition) is 2. The quantitative estimate of drug-likeness (QED) is 0.652. The third-order valence-corrected chi connectivity index (χ3v) is 4.84. The first-order chi connectivity index (χ1) is 12.0. The molecule has 25 heavy (non-hydrogen) atoms. The molecule has 0 amide bonds. The third kappa shape index (κ3) is 3.31. The Kier molecular flexibility index (Phi) is 4.92. The molecule has 0 bridgehead atoms. The molecule has 0 saturated carbocycles. The van der Waals surface area contributed by atoms with E-state index in [4.69, 9.17) is 5.73 Å². The topological polar surface area (TPSA) is 65.6 Å². The number of nitriles is 1. The number of H-pyrrole nitrogens is 1. The summed E-state index contributed by atoms with van der Waals surface area (Å²) in [5, 5.41) is 10.4. The zero-order chi connectivity index (χ0) is 18.0. The molecule has 0 spiro atoms. The number of rotatable bonds is 5. The van der Waals surface area contributed by atoms with Crippen LogP contribution < -0.4 is 5.73 Å². The highest BCUT2D eigenvalue weighted by molar-refractivity contribution is 5.92. The van der Waals surface area contributed by atoms with E-state index >= 15 is 0 Å². The zero-order valence-electron chi connectivity index (χ0n) is 15.2. The third-order valence-electron chi connectivity index (χ3n) is 4.84. The number of unbranched alkanes of at least 4 members (excludes halogenated alkanes) is 1. The lowest BCUT2D eigenvalue weighted by atomic mass is 9.93. The van der Waals surface area contributed by atoms with E-state index in [0.29, 0.717) is 12.1 Å². The molecule has 0 atom stereocenters. The number of aromatic amines is 1. The molecule has 0 aliphatic rings. The molecule has 3 heteroatoms. The Hall–Kier alpha value is -2.57. The van der Waals surface area contributed by atoms with Crippen LogP contribution in [0.25, 0.3) is 22.2 Å². The second kappa shape index (κ2) is 7.13. The van der Waals surface area contributed by atoms with Crippen molar-refractivity contribution in [3.63, 3.8) is 0 Å². The normalized spacial score (nSPS) is 11.0. The maximum Gasteiger partial charge on any atom is 0.0991 e. The lowest BCUT2D eigenvalue weighted by Crippen LogP contribution is -2.00. The fourth-order valence-electron chi connectivity index (χ4n) is 3.81. The largest absolute Gasteiger partial charge is 0.354 e. The number of aryl methyl sites for hydroxylation is 4. The van der Waals surface area contributed by atoms with Crippen LogP contribution in [0.4, 0.5) is 0 Å². The maximum atomic E-state index is 9.27. The van der Waals surface area contributed by atoms with Crippen LogP contribution in [0.5, 0.6) is 0 Å². The van der Waals surface area contributed by atoms with E-state index in [0.717, 1.165) is 30.2 Å². The minimum absolute atomic E-state index is 0.704. The van der Waals surface area contributed by atoms with Crippen molar-refractivity contribution in [1.82, 2.24) is 4.98 Å². The molecule has 2 aromatic carbocycles. The lowest BCUT2D eigenvalue weighted by Gasteiger charge is -2.13. The molecule has 0 radical (unpaired) electrons. The first-order valence-corrected chi connectivity index (χ1v) is 8.88. The summed E-state index contributed by atoms with van der Waals surface area (Å²) < 4.78 is 0. The van der Waals surface area contributed by atoms with Crippen molar-refractivity contribution < 1.29 is 0 Å². The summed E-state index contributed by atoms with van der Waals surface area (Å²) in [6, 6.07) is 12.6. The molecular weight excluding hydrogens is 306 g/mol. The standard InChI is InChI=1S/C22H25N3/c1-14-10-15(2)21(16(3)11-14)22-18(6-4-5-9-23)19-12-17(13-24)7-8-20(19)25-22/h7-8,10-12,25H,4-6,9,23H2,1-3H3. The Morgan fingerprint density at radius 1 is 1.04 bits per heavy atom. The van der Waals surface area contributed by atoms with Crippen molar-refractivity contribution in [2.45, 2.75) is 40.0 Å². The minimum Gasteiger partial charge on any atom is -0.354 e. The minimum atomic E-state index is 0.704. The highest BCUT2D eigenvalue weighted by atomic mass is 14.7. The number of nitrogens with one attached hydrogen (secondary N) is 1.